The first kappa shape index (κ1) is 14.1. The number of ether oxygens (including phenoxy) is 1. The van der Waals surface area contributed by atoms with Gasteiger partial charge in [0, 0.05) is 10.6 Å². The monoisotopic (exact) mass is 253 g/mol. The minimum absolute atomic E-state index is 0.379. The fourth-order valence-electron chi connectivity index (χ4n) is 1.38. The zero-order valence-electron chi connectivity index (χ0n) is 10.7. The number of methoxy groups -OCH3 is 1. The van der Waals surface area contributed by atoms with Crippen LogP contribution in [0.25, 0.3) is 0 Å². The molecule has 0 aliphatic rings. The lowest BCUT2D eigenvalue weighted by molar-refractivity contribution is -0.145. The maximum absolute atomic E-state index is 11.4. The van der Waals surface area contributed by atoms with Crippen molar-refractivity contribution in [2.45, 2.75) is 31.2 Å². The molecular weight excluding hydrogens is 234 g/mol. The number of hydrogen-bond acceptors (Lipinski definition) is 4. The number of carbonyl (C=O) groups is 1. The van der Waals surface area contributed by atoms with Crippen molar-refractivity contribution in [3.8, 4) is 0 Å². The highest BCUT2D eigenvalue weighted by Crippen LogP contribution is 2.26. The number of benzene rings is 1. The summed E-state index contributed by atoms with van der Waals surface area (Å²) in [7, 11) is 1.36. The van der Waals surface area contributed by atoms with Gasteiger partial charge in [-0.2, -0.15) is 0 Å². The summed E-state index contributed by atoms with van der Waals surface area (Å²) in [4.78, 5) is 12.6. The first-order valence-corrected chi connectivity index (χ1v) is 6.43. The molecule has 0 fully saturated rings. The second-order valence-electron chi connectivity index (χ2n) is 4.47. The lowest BCUT2D eigenvalue weighted by Crippen LogP contribution is -2.48. The van der Waals surface area contributed by atoms with Crippen LogP contribution in [0, 0.1) is 13.8 Å². The van der Waals surface area contributed by atoms with Crippen molar-refractivity contribution in [1.82, 2.24) is 0 Å². The summed E-state index contributed by atoms with van der Waals surface area (Å²) < 4.78 is 4.68. The smallest absolute Gasteiger partial charge is 0.326 e. The Balaban J connectivity index is 2.73. The lowest BCUT2D eigenvalue weighted by atomic mass is 10.1. The van der Waals surface area contributed by atoms with E-state index in [0.29, 0.717) is 5.75 Å². The zero-order valence-corrected chi connectivity index (χ0v) is 11.6. The molecule has 0 spiro atoms. The summed E-state index contributed by atoms with van der Waals surface area (Å²) >= 11 is 1.59. The molecule has 0 amide bonds. The summed E-state index contributed by atoms with van der Waals surface area (Å²) in [6, 6.07) is 6.25. The van der Waals surface area contributed by atoms with Gasteiger partial charge >= 0.3 is 5.97 Å². The van der Waals surface area contributed by atoms with Crippen molar-refractivity contribution >= 4 is 17.7 Å². The molecule has 3 nitrogen and oxygen atoms in total. The van der Waals surface area contributed by atoms with E-state index < -0.39 is 5.54 Å². The van der Waals surface area contributed by atoms with E-state index in [2.05, 4.69) is 22.9 Å². The Morgan fingerprint density at radius 1 is 1.47 bits per heavy atom. The Morgan fingerprint density at radius 2 is 2.12 bits per heavy atom. The van der Waals surface area contributed by atoms with Gasteiger partial charge in [0.25, 0.3) is 0 Å². The van der Waals surface area contributed by atoms with Gasteiger partial charge in [0.1, 0.15) is 5.54 Å². The number of carbonyl (C=O) groups excluding carboxylic acids is 1. The lowest BCUT2D eigenvalue weighted by Gasteiger charge is -2.21. The van der Waals surface area contributed by atoms with E-state index in [4.69, 9.17) is 5.73 Å². The van der Waals surface area contributed by atoms with E-state index in [0.717, 1.165) is 4.90 Å². The van der Waals surface area contributed by atoms with E-state index in [9.17, 15) is 4.79 Å². The maximum atomic E-state index is 11.4. The predicted octanol–water partition coefficient (Wildman–Crippen LogP) is 2.29. The third-order valence-electron chi connectivity index (χ3n) is 2.52. The highest BCUT2D eigenvalue weighted by atomic mass is 32.2. The van der Waals surface area contributed by atoms with Crippen LogP contribution in [0.1, 0.15) is 18.1 Å². The minimum atomic E-state index is -0.949. The van der Waals surface area contributed by atoms with Crippen LogP contribution in [0.2, 0.25) is 0 Å². The van der Waals surface area contributed by atoms with Gasteiger partial charge in [-0.1, -0.05) is 17.7 Å². The Labute approximate surface area is 107 Å². The Hall–Kier alpha value is -1.00. The molecule has 4 heteroatoms. The first-order valence-electron chi connectivity index (χ1n) is 5.44. The summed E-state index contributed by atoms with van der Waals surface area (Å²) in [5.74, 6) is 0.125. The van der Waals surface area contributed by atoms with Crippen molar-refractivity contribution < 1.29 is 9.53 Å². The fourth-order valence-corrected chi connectivity index (χ4v) is 2.52. The standard InChI is InChI=1S/C13H19NO2S/c1-9-5-6-10(2)11(7-9)17-8-13(3,14)12(15)16-4/h5-7H,8,14H2,1-4H3. The highest BCUT2D eigenvalue weighted by Gasteiger charge is 2.29. The van der Waals surface area contributed by atoms with Gasteiger partial charge in [-0.05, 0) is 32.4 Å². The summed E-state index contributed by atoms with van der Waals surface area (Å²) in [5, 5.41) is 0. The molecule has 0 heterocycles. The molecule has 0 radical (unpaired) electrons. The van der Waals surface area contributed by atoms with E-state index >= 15 is 0 Å². The van der Waals surface area contributed by atoms with Gasteiger partial charge in [-0.15, -0.1) is 11.8 Å². The van der Waals surface area contributed by atoms with E-state index in [1.54, 1.807) is 18.7 Å². The van der Waals surface area contributed by atoms with Crippen LogP contribution in [-0.2, 0) is 9.53 Å². The minimum Gasteiger partial charge on any atom is -0.468 e. The van der Waals surface area contributed by atoms with Crippen LogP contribution < -0.4 is 5.73 Å². The maximum Gasteiger partial charge on any atom is 0.326 e. The van der Waals surface area contributed by atoms with Gasteiger partial charge in [-0.25, -0.2) is 0 Å². The first-order chi connectivity index (χ1) is 7.86. The summed E-state index contributed by atoms with van der Waals surface area (Å²) in [6.45, 7) is 5.79. The summed E-state index contributed by atoms with van der Waals surface area (Å²) in [6.07, 6.45) is 0. The van der Waals surface area contributed by atoms with E-state index in [1.165, 1.54) is 18.2 Å². The number of nitrogens with two attached hydrogens (primary N) is 1. The largest absolute Gasteiger partial charge is 0.468 e. The van der Waals surface area contributed by atoms with Crippen LogP contribution in [0.15, 0.2) is 23.1 Å². The van der Waals surface area contributed by atoms with Crippen molar-refractivity contribution in [2.75, 3.05) is 12.9 Å². The topological polar surface area (TPSA) is 52.3 Å². The van der Waals surface area contributed by atoms with Crippen LogP contribution in [0.4, 0.5) is 0 Å². The van der Waals surface area contributed by atoms with Gasteiger partial charge < -0.3 is 10.5 Å². The van der Waals surface area contributed by atoms with Crippen LogP contribution >= 0.6 is 11.8 Å². The molecule has 1 atom stereocenters. The van der Waals surface area contributed by atoms with Gasteiger partial charge in [0.05, 0.1) is 7.11 Å². The van der Waals surface area contributed by atoms with Crippen molar-refractivity contribution in [3.63, 3.8) is 0 Å². The molecule has 0 bridgehead atoms. The number of aryl methyl sites for hydroxylation is 2. The van der Waals surface area contributed by atoms with Gasteiger partial charge in [0.15, 0.2) is 0 Å². The molecule has 0 aromatic heterocycles. The Morgan fingerprint density at radius 3 is 2.71 bits per heavy atom. The zero-order chi connectivity index (χ0) is 13.1. The molecule has 0 saturated heterocycles. The molecule has 1 aromatic carbocycles. The predicted molar refractivity (Wildman–Crippen MR) is 71.2 cm³/mol. The highest BCUT2D eigenvalue weighted by molar-refractivity contribution is 7.99. The molecule has 1 unspecified atom stereocenters. The van der Waals surface area contributed by atoms with Crippen LogP contribution in [0.5, 0.6) is 0 Å². The molecular formula is C13H19NO2S. The average Bonchev–Trinajstić information content (AvgIpc) is 2.29. The van der Waals surface area contributed by atoms with Gasteiger partial charge in [0.2, 0.25) is 0 Å². The van der Waals surface area contributed by atoms with Crippen LogP contribution in [0.3, 0.4) is 0 Å². The Bertz CT molecular complexity index is 416. The molecule has 1 rings (SSSR count). The third kappa shape index (κ3) is 3.75. The molecule has 0 saturated carbocycles. The van der Waals surface area contributed by atoms with Crippen LogP contribution in [-0.4, -0.2) is 24.4 Å². The quantitative estimate of drug-likeness (QED) is 0.660. The average molecular weight is 253 g/mol. The van der Waals surface area contributed by atoms with E-state index in [1.807, 2.05) is 13.8 Å². The molecule has 94 valence electrons. The summed E-state index contributed by atoms with van der Waals surface area (Å²) in [5.41, 5.74) is 7.36. The second kappa shape index (κ2) is 5.56. The number of esters is 1. The third-order valence-corrected chi connectivity index (χ3v) is 4.02. The number of thioether (sulfide) groups is 1. The van der Waals surface area contributed by atoms with Gasteiger partial charge in [-0.3, -0.25) is 4.79 Å². The normalized spacial score (nSPS) is 14.2. The molecule has 17 heavy (non-hydrogen) atoms. The SMILES string of the molecule is COC(=O)C(C)(N)CSc1cc(C)ccc1C. The molecule has 0 aliphatic carbocycles. The number of rotatable bonds is 4. The molecule has 1 aromatic rings. The second-order valence-corrected chi connectivity index (χ2v) is 5.48. The van der Waals surface area contributed by atoms with Crippen molar-refractivity contribution in [3.05, 3.63) is 29.3 Å². The molecule has 2 N–H and O–H groups in total. The van der Waals surface area contributed by atoms with Crippen molar-refractivity contribution in [2.24, 2.45) is 5.73 Å². The van der Waals surface area contributed by atoms with E-state index in [-0.39, 0.29) is 5.97 Å². The number of hydrogen-bond donors (Lipinski definition) is 1. The Kier molecular flexibility index (Phi) is 4.60. The van der Waals surface area contributed by atoms with Crippen molar-refractivity contribution in [1.29, 1.82) is 0 Å². The molecule has 0 aliphatic heterocycles. The fraction of sp³-hybridized carbons (Fsp3) is 0.462.